The Hall–Kier alpha value is -3.33. The standard InChI is InChI=1S/C20H22FN7O/c21-14-5-3-7-16(17(14)22)27-20-25-10-13(18(23)29)19(28-20)26-12-8-11-4-1-2-6-15(11)24-9-12/h1-2,4,6,8-10,14,16-17H,3,5,7,22H2,(H2,23,29)(H2,25,26,27,28)/t14-,16+,17-/m0/s1. The summed E-state index contributed by atoms with van der Waals surface area (Å²) < 4.78 is 13.9. The van der Waals surface area contributed by atoms with Crippen LogP contribution in [0.2, 0.25) is 0 Å². The third-order valence-corrected chi connectivity index (χ3v) is 5.10. The average molecular weight is 395 g/mol. The van der Waals surface area contributed by atoms with E-state index in [9.17, 15) is 9.18 Å². The van der Waals surface area contributed by atoms with Gasteiger partial charge in [0.05, 0.1) is 23.4 Å². The molecule has 1 aromatic carbocycles. The maximum Gasteiger partial charge on any atom is 0.254 e. The van der Waals surface area contributed by atoms with E-state index in [0.29, 0.717) is 12.1 Å². The number of nitrogens with two attached hydrogens (primary N) is 2. The van der Waals surface area contributed by atoms with Crippen molar-refractivity contribution in [2.75, 3.05) is 10.6 Å². The monoisotopic (exact) mass is 395 g/mol. The average Bonchev–Trinajstić information content (AvgIpc) is 2.71. The van der Waals surface area contributed by atoms with Crippen molar-refractivity contribution in [2.24, 2.45) is 11.5 Å². The number of hydrogen-bond acceptors (Lipinski definition) is 7. The predicted octanol–water partition coefficient (Wildman–Crippen LogP) is 2.50. The molecule has 1 fully saturated rings. The van der Waals surface area contributed by atoms with Gasteiger partial charge in [-0.15, -0.1) is 0 Å². The number of amides is 1. The minimum Gasteiger partial charge on any atom is -0.365 e. The first-order valence-electron chi connectivity index (χ1n) is 9.46. The zero-order valence-corrected chi connectivity index (χ0v) is 15.7. The highest BCUT2D eigenvalue weighted by molar-refractivity contribution is 5.98. The number of primary amides is 1. The van der Waals surface area contributed by atoms with Gasteiger partial charge in [-0.25, -0.2) is 9.37 Å². The third kappa shape index (κ3) is 4.09. The summed E-state index contributed by atoms with van der Waals surface area (Å²) in [6, 6.07) is 8.65. The second-order valence-corrected chi connectivity index (χ2v) is 7.14. The molecule has 0 spiro atoms. The number of hydrogen-bond donors (Lipinski definition) is 4. The van der Waals surface area contributed by atoms with Crippen LogP contribution in [0.1, 0.15) is 29.6 Å². The van der Waals surface area contributed by atoms with Crippen molar-refractivity contribution in [2.45, 2.75) is 37.5 Å². The number of alkyl halides is 1. The zero-order valence-electron chi connectivity index (χ0n) is 15.7. The zero-order chi connectivity index (χ0) is 20.4. The fraction of sp³-hybridized carbons (Fsp3) is 0.300. The summed E-state index contributed by atoms with van der Waals surface area (Å²) in [4.78, 5) is 24.7. The number of benzene rings is 1. The Bertz CT molecular complexity index is 1040. The van der Waals surface area contributed by atoms with Gasteiger partial charge in [0, 0.05) is 17.6 Å². The molecular formula is C20H22FN7O. The van der Waals surface area contributed by atoms with Crippen molar-refractivity contribution < 1.29 is 9.18 Å². The molecule has 3 atom stereocenters. The van der Waals surface area contributed by atoms with E-state index >= 15 is 0 Å². The van der Waals surface area contributed by atoms with Crippen LogP contribution in [0.15, 0.2) is 42.7 Å². The van der Waals surface area contributed by atoms with E-state index in [4.69, 9.17) is 11.5 Å². The molecule has 0 radical (unpaired) electrons. The summed E-state index contributed by atoms with van der Waals surface area (Å²) in [5, 5.41) is 7.11. The van der Waals surface area contributed by atoms with E-state index in [1.54, 1.807) is 6.20 Å². The number of carbonyl (C=O) groups is 1. The minimum absolute atomic E-state index is 0.139. The van der Waals surface area contributed by atoms with Gasteiger partial charge in [-0.3, -0.25) is 9.78 Å². The van der Waals surface area contributed by atoms with Crippen LogP contribution < -0.4 is 22.1 Å². The summed E-state index contributed by atoms with van der Waals surface area (Å²) in [5.41, 5.74) is 13.1. The molecule has 1 amide bonds. The smallest absolute Gasteiger partial charge is 0.254 e. The van der Waals surface area contributed by atoms with E-state index in [2.05, 4.69) is 25.6 Å². The Labute approximate surface area is 166 Å². The molecule has 0 aliphatic heterocycles. The van der Waals surface area contributed by atoms with Crippen LogP contribution in [0.4, 0.5) is 21.8 Å². The van der Waals surface area contributed by atoms with Crippen molar-refractivity contribution in [3.63, 3.8) is 0 Å². The Morgan fingerprint density at radius 2 is 2.00 bits per heavy atom. The number of pyridine rings is 1. The first-order valence-corrected chi connectivity index (χ1v) is 9.46. The lowest BCUT2D eigenvalue weighted by Crippen LogP contribution is -2.49. The molecule has 150 valence electrons. The molecule has 0 unspecified atom stereocenters. The van der Waals surface area contributed by atoms with Gasteiger partial charge in [-0.1, -0.05) is 18.2 Å². The number of aromatic nitrogens is 3. The molecule has 1 aliphatic carbocycles. The van der Waals surface area contributed by atoms with E-state index in [-0.39, 0.29) is 23.4 Å². The predicted molar refractivity (Wildman–Crippen MR) is 110 cm³/mol. The molecule has 2 heterocycles. The number of para-hydroxylation sites is 1. The normalized spacial score (nSPS) is 21.7. The topological polar surface area (TPSA) is 132 Å². The highest BCUT2D eigenvalue weighted by atomic mass is 19.1. The van der Waals surface area contributed by atoms with Gasteiger partial charge in [0.15, 0.2) is 0 Å². The molecule has 8 nitrogen and oxygen atoms in total. The van der Waals surface area contributed by atoms with Crippen LogP contribution in [0.3, 0.4) is 0 Å². The molecule has 1 saturated carbocycles. The van der Waals surface area contributed by atoms with Gasteiger partial charge in [0.25, 0.3) is 5.91 Å². The lowest BCUT2D eigenvalue weighted by molar-refractivity contribution is 0.100. The van der Waals surface area contributed by atoms with Crippen molar-refractivity contribution in [1.29, 1.82) is 0 Å². The van der Waals surface area contributed by atoms with Crippen molar-refractivity contribution in [3.8, 4) is 0 Å². The summed E-state index contributed by atoms with van der Waals surface area (Å²) in [7, 11) is 0. The molecule has 0 saturated heterocycles. The summed E-state index contributed by atoms with van der Waals surface area (Å²) in [6.07, 6.45) is 3.85. The van der Waals surface area contributed by atoms with E-state index < -0.39 is 18.1 Å². The van der Waals surface area contributed by atoms with Gasteiger partial charge < -0.3 is 22.1 Å². The van der Waals surface area contributed by atoms with Gasteiger partial charge in [-0.05, 0) is 31.4 Å². The summed E-state index contributed by atoms with van der Waals surface area (Å²) in [6.45, 7) is 0. The summed E-state index contributed by atoms with van der Waals surface area (Å²) in [5.74, 6) is -0.167. The van der Waals surface area contributed by atoms with E-state index in [0.717, 1.165) is 23.7 Å². The second-order valence-electron chi connectivity index (χ2n) is 7.14. The van der Waals surface area contributed by atoms with Crippen LogP contribution >= 0.6 is 0 Å². The molecule has 2 aromatic heterocycles. The summed E-state index contributed by atoms with van der Waals surface area (Å²) >= 11 is 0. The Morgan fingerprint density at radius 3 is 2.83 bits per heavy atom. The fourth-order valence-corrected chi connectivity index (χ4v) is 3.51. The number of anilines is 3. The molecule has 4 rings (SSSR count). The van der Waals surface area contributed by atoms with Gasteiger partial charge in [-0.2, -0.15) is 4.98 Å². The van der Waals surface area contributed by atoms with Gasteiger partial charge in [0.2, 0.25) is 5.95 Å². The molecular weight excluding hydrogens is 373 g/mol. The van der Waals surface area contributed by atoms with E-state index in [1.165, 1.54) is 6.20 Å². The molecule has 9 heteroatoms. The fourth-order valence-electron chi connectivity index (χ4n) is 3.51. The van der Waals surface area contributed by atoms with Crippen molar-refractivity contribution in [3.05, 3.63) is 48.3 Å². The first-order chi connectivity index (χ1) is 14.0. The van der Waals surface area contributed by atoms with Crippen LogP contribution in [0, 0.1) is 0 Å². The number of nitrogens with zero attached hydrogens (tertiary/aromatic N) is 3. The number of carbonyl (C=O) groups excluding carboxylic acids is 1. The Kier molecular flexibility index (Phi) is 5.22. The molecule has 29 heavy (non-hydrogen) atoms. The van der Waals surface area contributed by atoms with Crippen molar-refractivity contribution >= 4 is 34.3 Å². The van der Waals surface area contributed by atoms with E-state index in [1.807, 2.05) is 30.3 Å². The van der Waals surface area contributed by atoms with Crippen LogP contribution in [-0.4, -0.2) is 39.1 Å². The molecule has 0 bridgehead atoms. The molecule has 3 aromatic rings. The second kappa shape index (κ2) is 7.96. The van der Waals surface area contributed by atoms with Gasteiger partial charge >= 0.3 is 0 Å². The number of halogens is 1. The minimum atomic E-state index is -1.06. The SMILES string of the molecule is NC(=O)c1cnc(N[C@@H]2CCC[C@H](F)[C@@H]2N)nc1Nc1cnc2ccccc2c1. The number of fused-ring (bicyclic) bond motifs is 1. The highest BCUT2D eigenvalue weighted by Gasteiger charge is 2.31. The Balaban J connectivity index is 1.61. The molecule has 1 aliphatic rings. The Morgan fingerprint density at radius 1 is 1.17 bits per heavy atom. The van der Waals surface area contributed by atoms with Crippen LogP contribution in [0.5, 0.6) is 0 Å². The maximum atomic E-state index is 13.9. The van der Waals surface area contributed by atoms with Crippen molar-refractivity contribution in [1.82, 2.24) is 15.0 Å². The van der Waals surface area contributed by atoms with Crippen LogP contribution in [0.25, 0.3) is 10.9 Å². The quantitative estimate of drug-likeness (QED) is 0.522. The highest BCUT2D eigenvalue weighted by Crippen LogP contribution is 2.25. The number of rotatable bonds is 5. The third-order valence-electron chi connectivity index (χ3n) is 5.10. The number of nitrogens with one attached hydrogen (secondary N) is 2. The lowest BCUT2D eigenvalue weighted by Gasteiger charge is -2.32. The maximum absolute atomic E-state index is 13.9. The van der Waals surface area contributed by atoms with Crippen LogP contribution in [-0.2, 0) is 0 Å². The molecule has 6 N–H and O–H groups in total. The largest absolute Gasteiger partial charge is 0.365 e. The first kappa shape index (κ1) is 19.0. The van der Waals surface area contributed by atoms with Gasteiger partial charge in [0.1, 0.15) is 17.6 Å². The lowest BCUT2D eigenvalue weighted by atomic mass is 9.89.